The molecule has 1 N–H and O–H groups in total. The van der Waals surface area contributed by atoms with E-state index in [1.54, 1.807) is 25.4 Å². The van der Waals surface area contributed by atoms with Crippen molar-refractivity contribution >= 4 is 11.0 Å². The lowest BCUT2D eigenvalue weighted by atomic mass is 10.4. The molecule has 0 aliphatic carbocycles. The van der Waals surface area contributed by atoms with E-state index >= 15 is 0 Å². The molecule has 0 unspecified atom stereocenters. The van der Waals surface area contributed by atoms with Gasteiger partial charge in [-0.2, -0.15) is 4.73 Å². The molecule has 4 nitrogen and oxygen atoms in total. The summed E-state index contributed by atoms with van der Waals surface area (Å²) in [5.41, 5.74) is 1.41. The summed E-state index contributed by atoms with van der Waals surface area (Å²) in [6.07, 6.45) is 3.23. The van der Waals surface area contributed by atoms with E-state index in [1.807, 2.05) is 0 Å². The highest BCUT2D eigenvalue weighted by Crippen LogP contribution is 2.10. The lowest BCUT2D eigenvalue weighted by Gasteiger charge is -1.91. The zero-order chi connectivity index (χ0) is 7.84. The molecule has 0 amide bonds. The van der Waals surface area contributed by atoms with Crippen molar-refractivity contribution < 1.29 is 5.21 Å². The Labute approximate surface area is 63.1 Å². The van der Waals surface area contributed by atoms with Gasteiger partial charge in [0, 0.05) is 6.20 Å². The van der Waals surface area contributed by atoms with Crippen molar-refractivity contribution in [2.75, 3.05) is 0 Å². The Kier molecular flexibility index (Phi) is 1.09. The normalized spacial score (nSPS) is 10.6. The van der Waals surface area contributed by atoms with Gasteiger partial charge in [0.1, 0.15) is 11.3 Å². The predicted octanol–water partition coefficient (Wildman–Crippen LogP) is 0.977. The Bertz CT molecular complexity index is 393. The fourth-order valence-corrected chi connectivity index (χ4v) is 1.03. The van der Waals surface area contributed by atoms with Gasteiger partial charge in [0.2, 0.25) is 0 Å². The summed E-state index contributed by atoms with van der Waals surface area (Å²) < 4.78 is 1.03. The number of pyridine rings is 1. The average molecular weight is 149 g/mol. The van der Waals surface area contributed by atoms with Crippen LogP contribution in [0.1, 0.15) is 5.82 Å². The van der Waals surface area contributed by atoms with Gasteiger partial charge in [0.05, 0.1) is 11.7 Å². The number of aromatic nitrogens is 3. The van der Waals surface area contributed by atoms with Crippen molar-refractivity contribution in [2.45, 2.75) is 6.92 Å². The fraction of sp³-hybridized carbons (Fsp3) is 0.143. The second-order valence-electron chi connectivity index (χ2n) is 2.34. The lowest BCUT2D eigenvalue weighted by Crippen LogP contribution is -1.91. The second-order valence-corrected chi connectivity index (χ2v) is 2.34. The number of imidazole rings is 1. The molecule has 4 heteroatoms. The first-order chi connectivity index (χ1) is 5.29. The largest absolute Gasteiger partial charge is 0.427 e. The first-order valence-corrected chi connectivity index (χ1v) is 3.27. The quantitative estimate of drug-likeness (QED) is 0.568. The minimum absolute atomic E-state index is 0.577. The number of hydrogen-bond acceptors (Lipinski definition) is 3. The first kappa shape index (κ1) is 6.15. The van der Waals surface area contributed by atoms with Crippen LogP contribution < -0.4 is 0 Å². The van der Waals surface area contributed by atoms with E-state index in [-0.39, 0.29) is 0 Å². The zero-order valence-corrected chi connectivity index (χ0v) is 6.02. The molecule has 0 radical (unpaired) electrons. The molecule has 2 aromatic heterocycles. The zero-order valence-electron chi connectivity index (χ0n) is 6.02. The molecule has 0 aromatic carbocycles. The summed E-state index contributed by atoms with van der Waals surface area (Å²) >= 11 is 0. The van der Waals surface area contributed by atoms with Gasteiger partial charge >= 0.3 is 0 Å². The monoisotopic (exact) mass is 149 g/mol. The minimum Gasteiger partial charge on any atom is -0.427 e. The van der Waals surface area contributed by atoms with Crippen molar-refractivity contribution in [2.24, 2.45) is 0 Å². The van der Waals surface area contributed by atoms with E-state index in [9.17, 15) is 5.21 Å². The van der Waals surface area contributed by atoms with Crippen LogP contribution in [-0.4, -0.2) is 19.9 Å². The van der Waals surface area contributed by atoms with Crippen LogP contribution in [-0.2, 0) is 0 Å². The maximum atomic E-state index is 9.31. The average Bonchev–Trinajstić information content (AvgIpc) is 2.30. The van der Waals surface area contributed by atoms with Crippen molar-refractivity contribution in [1.29, 1.82) is 0 Å². The SMILES string of the molecule is Cc1nc2ccncc2n1O. The molecule has 56 valence electrons. The maximum Gasteiger partial charge on any atom is 0.142 e. The van der Waals surface area contributed by atoms with E-state index in [4.69, 9.17) is 0 Å². The third-order valence-corrected chi connectivity index (χ3v) is 1.59. The molecule has 2 rings (SSSR count). The van der Waals surface area contributed by atoms with Crippen molar-refractivity contribution in [3.8, 4) is 0 Å². The molecule has 0 fully saturated rings. The summed E-state index contributed by atoms with van der Waals surface area (Å²) in [6.45, 7) is 1.74. The Hall–Kier alpha value is -1.58. The van der Waals surface area contributed by atoms with E-state index in [0.717, 1.165) is 10.2 Å². The van der Waals surface area contributed by atoms with E-state index in [0.29, 0.717) is 11.3 Å². The van der Waals surface area contributed by atoms with Gasteiger partial charge in [0.25, 0.3) is 0 Å². The summed E-state index contributed by atoms with van der Waals surface area (Å²) in [4.78, 5) is 7.95. The van der Waals surface area contributed by atoms with Gasteiger partial charge in [-0.25, -0.2) is 4.98 Å². The van der Waals surface area contributed by atoms with Crippen molar-refractivity contribution in [3.05, 3.63) is 24.3 Å². The van der Waals surface area contributed by atoms with Crippen LogP contribution >= 0.6 is 0 Å². The Morgan fingerprint density at radius 3 is 3.09 bits per heavy atom. The predicted molar refractivity (Wildman–Crippen MR) is 39.4 cm³/mol. The van der Waals surface area contributed by atoms with E-state index in [1.165, 1.54) is 0 Å². The van der Waals surface area contributed by atoms with Gasteiger partial charge in [0.15, 0.2) is 0 Å². The molecule has 0 saturated heterocycles. The number of rotatable bonds is 0. The summed E-state index contributed by atoms with van der Waals surface area (Å²) in [6, 6.07) is 1.76. The van der Waals surface area contributed by atoms with Crippen LogP contribution in [0.5, 0.6) is 0 Å². The van der Waals surface area contributed by atoms with Crippen LogP contribution in [0.3, 0.4) is 0 Å². The summed E-state index contributed by atoms with van der Waals surface area (Å²) in [5, 5.41) is 9.31. The number of hydrogen-bond donors (Lipinski definition) is 1. The first-order valence-electron chi connectivity index (χ1n) is 3.27. The van der Waals surface area contributed by atoms with E-state index in [2.05, 4.69) is 9.97 Å². The molecule has 0 spiro atoms. The molecule has 0 aliphatic heterocycles. The van der Waals surface area contributed by atoms with Gasteiger partial charge in [-0.15, -0.1) is 0 Å². The molecular weight excluding hydrogens is 142 g/mol. The molecule has 11 heavy (non-hydrogen) atoms. The van der Waals surface area contributed by atoms with Crippen LogP contribution in [0.25, 0.3) is 11.0 Å². The van der Waals surface area contributed by atoms with Gasteiger partial charge in [-0.1, -0.05) is 0 Å². The third-order valence-electron chi connectivity index (χ3n) is 1.59. The Morgan fingerprint density at radius 1 is 1.55 bits per heavy atom. The molecule has 0 bridgehead atoms. The highest BCUT2D eigenvalue weighted by atomic mass is 16.5. The molecular formula is C7H7N3O. The van der Waals surface area contributed by atoms with Crippen molar-refractivity contribution in [3.63, 3.8) is 0 Å². The number of fused-ring (bicyclic) bond motifs is 1. The number of nitrogens with zero attached hydrogens (tertiary/aromatic N) is 3. The van der Waals surface area contributed by atoms with Gasteiger partial charge in [-0.3, -0.25) is 4.98 Å². The molecule has 2 heterocycles. The van der Waals surface area contributed by atoms with Crippen LogP contribution in [0, 0.1) is 6.92 Å². The van der Waals surface area contributed by atoms with E-state index < -0.39 is 0 Å². The van der Waals surface area contributed by atoms with Gasteiger partial charge in [-0.05, 0) is 13.0 Å². The summed E-state index contributed by atoms with van der Waals surface area (Å²) in [7, 11) is 0. The standard InChI is InChI=1S/C7H7N3O/c1-5-9-6-2-3-8-4-7(6)10(5)11/h2-4,11H,1H3. The minimum atomic E-state index is 0.577. The topological polar surface area (TPSA) is 50.9 Å². The molecule has 0 atom stereocenters. The lowest BCUT2D eigenvalue weighted by molar-refractivity contribution is 0.191. The third kappa shape index (κ3) is 0.756. The fourth-order valence-electron chi connectivity index (χ4n) is 1.03. The highest BCUT2D eigenvalue weighted by molar-refractivity contribution is 5.73. The Balaban J connectivity index is 2.92. The van der Waals surface area contributed by atoms with Crippen molar-refractivity contribution in [1.82, 2.24) is 14.7 Å². The molecule has 0 saturated carbocycles. The second kappa shape index (κ2) is 1.95. The smallest absolute Gasteiger partial charge is 0.142 e. The molecule has 0 aliphatic rings. The molecule has 2 aromatic rings. The van der Waals surface area contributed by atoms with Gasteiger partial charge < -0.3 is 5.21 Å². The summed E-state index contributed by atoms with van der Waals surface area (Å²) in [5.74, 6) is 0.577. The Morgan fingerprint density at radius 2 is 2.36 bits per heavy atom. The maximum absolute atomic E-state index is 9.31. The van der Waals surface area contributed by atoms with Crippen LogP contribution in [0.2, 0.25) is 0 Å². The number of aryl methyl sites for hydroxylation is 1. The van der Waals surface area contributed by atoms with Crippen LogP contribution in [0.15, 0.2) is 18.5 Å². The van der Waals surface area contributed by atoms with Crippen LogP contribution in [0.4, 0.5) is 0 Å². The highest BCUT2D eigenvalue weighted by Gasteiger charge is 2.03.